The first kappa shape index (κ1) is 13.9. The minimum absolute atomic E-state index is 0.0256. The molecule has 0 aliphatic heterocycles. The normalized spacial score (nSPS) is 10.3. The van der Waals surface area contributed by atoms with Gasteiger partial charge in [-0.05, 0) is 19.1 Å². The van der Waals surface area contributed by atoms with Crippen LogP contribution in [-0.2, 0) is 6.54 Å². The molecule has 1 aromatic carbocycles. The topological polar surface area (TPSA) is 82.2 Å². The molecule has 0 spiro atoms. The monoisotopic (exact) mass is 278 g/mol. The van der Waals surface area contributed by atoms with Crippen LogP contribution in [0.25, 0.3) is 0 Å². The van der Waals surface area contributed by atoms with Gasteiger partial charge in [0.2, 0.25) is 0 Å². The van der Waals surface area contributed by atoms with E-state index in [0.717, 1.165) is 0 Å². The van der Waals surface area contributed by atoms with E-state index in [-0.39, 0.29) is 17.1 Å². The maximum Gasteiger partial charge on any atom is 0.276 e. The fourth-order valence-electron chi connectivity index (χ4n) is 1.80. The van der Waals surface area contributed by atoms with E-state index in [0.29, 0.717) is 12.3 Å². The van der Waals surface area contributed by atoms with Crippen molar-refractivity contribution < 1.29 is 13.9 Å². The minimum Gasteiger partial charge on any atom is -0.497 e. The average molecular weight is 278 g/mol. The van der Waals surface area contributed by atoms with Crippen LogP contribution in [0.5, 0.6) is 5.75 Å². The van der Waals surface area contributed by atoms with Gasteiger partial charge >= 0.3 is 0 Å². The van der Waals surface area contributed by atoms with Gasteiger partial charge in [0.05, 0.1) is 24.7 Å². The molecule has 1 heterocycles. The molecule has 0 unspecified atom stereocenters. The predicted octanol–water partition coefficient (Wildman–Crippen LogP) is 1.89. The number of halogens is 1. The molecule has 0 saturated carbocycles. The lowest BCUT2D eigenvalue weighted by atomic mass is 10.2. The van der Waals surface area contributed by atoms with E-state index in [1.807, 2.05) is 6.92 Å². The first-order valence-electron chi connectivity index (χ1n) is 6.03. The second-order valence-electron chi connectivity index (χ2n) is 4.06. The molecule has 2 rings (SSSR count). The predicted molar refractivity (Wildman–Crippen MR) is 73.2 cm³/mol. The van der Waals surface area contributed by atoms with Gasteiger partial charge in [-0.15, -0.1) is 0 Å². The SMILES string of the molecule is CCn1ncc(N)c1C(=O)Nc1cc(OC)ccc1F. The van der Waals surface area contributed by atoms with Gasteiger partial charge in [0.1, 0.15) is 17.3 Å². The van der Waals surface area contributed by atoms with Crippen LogP contribution in [-0.4, -0.2) is 22.8 Å². The molecule has 2 aromatic rings. The smallest absolute Gasteiger partial charge is 0.276 e. The van der Waals surface area contributed by atoms with Gasteiger partial charge in [0, 0.05) is 12.6 Å². The third-order valence-corrected chi connectivity index (χ3v) is 2.80. The number of benzene rings is 1. The largest absolute Gasteiger partial charge is 0.497 e. The van der Waals surface area contributed by atoms with Gasteiger partial charge in [-0.2, -0.15) is 5.10 Å². The summed E-state index contributed by atoms with van der Waals surface area (Å²) in [5.74, 6) is -0.632. The van der Waals surface area contributed by atoms with Crippen LogP contribution in [0, 0.1) is 5.82 Å². The highest BCUT2D eigenvalue weighted by molar-refractivity contribution is 6.06. The molecular formula is C13H15FN4O2. The summed E-state index contributed by atoms with van der Waals surface area (Å²) in [6.07, 6.45) is 1.39. The van der Waals surface area contributed by atoms with Crippen molar-refractivity contribution >= 4 is 17.3 Å². The molecule has 3 N–H and O–H groups in total. The third-order valence-electron chi connectivity index (χ3n) is 2.80. The van der Waals surface area contributed by atoms with Crippen LogP contribution in [0.15, 0.2) is 24.4 Å². The average Bonchev–Trinajstić information content (AvgIpc) is 2.82. The molecule has 1 aromatic heterocycles. The van der Waals surface area contributed by atoms with Crippen molar-refractivity contribution in [2.45, 2.75) is 13.5 Å². The van der Waals surface area contributed by atoms with Crippen LogP contribution in [0.4, 0.5) is 15.8 Å². The molecule has 6 nitrogen and oxygen atoms in total. The number of aryl methyl sites for hydroxylation is 1. The Morgan fingerprint density at radius 1 is 1.55 bits per heavy atom. The second kappa shape index (κ2) is 5.60. The summed E-state index contributed by atoms with van der Waals surface area (Å²) in [6, 6.07) is 4.08. The molecule has 0 saturated heterocycles. The molecule has 0 radical (unpaired) electrons. The summed E-state index contributed by atoms with van der Waals surface area (Å²) in [5, 5.41) is 6.43. The number of anilines is 2. The van der Waals surface area contributed by atoms with Crippen LogP contribution in [0.3, 0.4) is 0 Å². The Morgan fingerprint density at radius 2 is 2.30 bits per heavy atom. The van der Waals surface area contributed by atoms with Gasteiger partial charge in [-0.1, -0.05) is 0 Å². The Bertz CT molecular complexity index is 639. The Hall–Kier alpha value is -2.57. The quantitative estimate of drug-likeness (QED) is 0.894. The van der Waals surface area contributed by atoms with Gasteiger partial charge in [-0.25, -0.2) is 4.39 Å². The number of aromatic nitrogens is 2. The lowest BCUT2D eigenvalue weighted by Gasteiger charge is -2.09. The molecule has 0 fully saturated rings. The summed E-state index contributed by atoms with van der Waals surface area (Å²) < 4.78 is 20.1. The summed E-state index contributed by atoms with van der Waals surface area (Å²) in [6.45, 7) is 2.32. The van der Waals surface area contributed by atoms with Gasteiger partial charge in [0.15, 0.2) is 0 Å². The number of hydrogen-bond acceptors (Lipinski definition) is 4. The molecule has 0 aliphatic carbocycles. The van der Waals surface area contributed by atoms with E-state index in [1.54, 1.807) is 0 Å². The van der Waals surface area contributed by atoms with E-state index in [9.17, 15) is 9.18 Å². The number of methoxy groups -OCH3 is 1. The summed E-state index contributed by atoms with van der Waals surface area (Å²) >= 11 is 0. The van der Waals surface area contributed by atoms with Crippen molar-refractivity contribution in [2.24, 2.45) is 0 Å². The van der Waals surface area contributed by atoms with Crippen molar-refractivity contribution in [2.75, 3.05) is 18.2 Å². The van der Waals surface area contributed by atoms with Gasteiger partial charge in [-0.3, -0.25) is 9.48 Å². The number of carbonyl (C=O) groups is 1. The maximum atomic E-state index is 13.7. The second-order valence-corrected chi connectivity index (χ2v) is 4.06. The van der Waals surface area contributed by atoms with Crippen molar-refractivity contribution in [3.63, 3.8) is 0 Å². The fourth-order valence-corrected chi connectivity index (χ4v) is 1.80. The first-order valence-corrected chi connectivity index (χ1v) is 6.03. The zero-order valence-corrected chi connectivity index (χ0v) is 11.2. The number of ether oxygens (including phenoxy) is 1. The molecule has 0 aliphatic rings. The minimum atomic E-state index is -0.555. The lowest BCUT2D eigenvalue weighted by molar-refractivity contribution is 0.101. The number of nitrogen functional groups attached to an aromatic ring is 1. The molecule has 0 atom stereocenters. The zero-order valence-electron chi connectivity index (χ0n) is 11.2. The molecule has 7 heteroatoms. The summed E-state index contributed by atoms with van der Waals surface area (Å²) in [5.41, 5.74) is 6.18. The fraction of sp³-hybridized carbons (Fsp3) is 0.231. The Balaban J connectivity index is 2.30. The van der Waals surface area contributed by atoms with Crippen LogP contribution >= 0.6 is 0 Å². The van der Waals surface area contributed by atoms with E-state index < -0.39 is 11.7 Å². The first-order chi connectivity index (χ1) is 9.56. The van der Waals surface area contributed by atoms with Crippen LogP contribution in [0.1, 0.15) is 17.4 Å². The van der Waals surface area contributed by atoms with E-state index in [4.69, 9.17) is 10.5 Å². The molecule has 20 heavy (non-hydrogen) atoms. The van der Waals surface area contributed by atoms with Crippen LogP contribution in [0.2, 0.25) is 0 Å². The van der Waals surface area contributed by atoms with Crippen LogP contribution < -0.4 is 15.8 Å². The Kier molecular flexibility index (Phi) is 3.88. The number of hydrogen-bond donors (Lipinski definition) is 2. The highest BCUT2D eigenvalue weighted by Crippen LogP contribution is 2.22. The maximum absolute atomic E-state index is 13.7. The molecular weight excluding hydrogens is 263 g/mol. The highest BCUT2D eigenvalue weighted by atomic mass is 19.1. The standard InChI is InChI=1S/C13H15FN4O2/c1-3-18-12(10(15)7-16-18)13(19)17-11-6-8(20-2)4-5-9(11)14/h4-7H,3,15H2,1-2H3,(H,17,19). The van der Waals surface area contributed by atoms with Crippen molar-refractivity contribution in [1.82, 2.24) is 9.78 Å². The van der Waals surface area contributed by atoms with E-state index in [1.165, 1.54) is 36.2 Å². The number of rotatable bonds is 4. The van der Waals surface area contributed by atoms with E-state index in [2.05, 4.69) is 10.4 Å². The molecule has 0 bridgehead atoms. The third kappa shape index (κ3) is 2.56. The molecule has 1 amide bonds. The number of amides is 1. The number of carbonyl (C=O) groups excluding carboxylic acids is 1. The number of nitrogens with zero attached hydrogens (tertiary/aromatic N) is 2. The van der Waals surface area contributed by atoms with Crippen molar-refractivity contribution in [3.8, 4) is 5.75 Å². The van der Waals surface area contributed by atoms with Crippen molar-refractivity contribution in [3.05, 3.63) is 35.9 Å². The Labute approximate surface area is 115 Å². The van der Waals surface area contributed by atoms with E-state index >= 15 is 0 Å². The van der Waals surface area contributed by atoms with Gasteiger partial charge in [0.25, 0.3) is 5.91 Å². The summed E-state index contributed by atoms with van der Waals surface area (Å²) in [7, 11) is 1.46. The Morgan fingerprint density at radius 3 is 2.95 bits per heavy atom. The van der Waals surface area contributed by atoms with Crippen molar-refractivity contribution in [1.29, 1.82) is 0 Å². The number of nitrogens with two attached hydrogens (primary N) is 1. The summed E-state index contributed by atoms with van der Waals surface area (Å²) in [4.78, 5) is 12.2. The molecule has 106 valence electrons. The lowest BCUT2D eigenvalue weighted by Crippen LogP contribution is -2.19. The zero-order chi connectivity index (χ0) is 14.7. The highest BCUT2D eigenvalue weighted by Gasteiger charge is 2.17. The van der Waals surface area contributed by atoms with Gasteiger partial charge < -0.3 is 15.8 Å². The number of nitrogens with one attached hydrogen (secondary N) is 1.